The maximum Gasteiger partial charge on any atom is 0.387 e. The van der Waals surface area contributed by atoms with E-state index in [1.54, 1.807) is 12.1 Å². The van der Waals surface area contributed by atoms with Gasteiger partial charge in [0.05, 0.1) is 6.54 Å². The standard InChI is InChI=1S/C14H18F2N2O2/c15-14(16)20-12-5-3-11(4-6-12)9-17-10-13(19)18-7-1-2-8-18/h3-6,14,17H,1-2,7-10H2. The second kappa shape index (κ2) is 7.19. The molecule has 0 aromatic heterocycles. The average Bonchev–Trinajstić information content (AvgIpc) is 2.94. The number of nitrogens with zero attached hydrogens (tertiary/aromatic N) is 1. The smallest absolute Gasteiger partial charge is 0.387 e. The van der Waals surface area contributed by atoms with Crippen molar-refractivity contribution in [3.63, 3.8) is 0 Å². The molecule has 0 aliphatic carbocycles. The molecule has 1 saturated heterocycles. The van der Waals surface area contributed by atoms with E-state index in [2.05, 4.69) is 10.1 Å². The first-order valence-corrected chi connectivity index (χ1v) is 6.67. The van der Waals surface area contributed by atoms with Gasteiger partial charge < -0.3 is 15.0 Å². The van der Waals surface area contributed by atoms with Crippen LogP contribution in [0.2, 0.25) is 0 Å². The Morgan fingerprint density at radius 2 is 1.90 bits per heavy atom. The Hall–Kier alpha value is -1.69. The summed E-state index contributed by atoms with van der Waals surface area (Å²) in [5.74, 6) is 0.247. The summed E-state index contributed by atoms with van der Waals surface area (Å²) < 4.78 is 28.2. The van der Waals surface area contributed by atoms with Crippen LogP contribution in [-0.2, 0) is 11.3 Å². The van der Waals surface area contributed by atoms with Crippen molar-refractivity contribution in [2.24, 2.45) is 0 Å². The van der Waals surface area contributed by atoms with Gasteiger partial charge in [-0.05, 0) is 30.5 Å². The van der Waals surface area contributed by atoms with Crippen LogP contribution >= 0.6 is 0 Å². The van der Waals surface area contributed by atoms with Crippen molar-refractivity contribution in [1.82, 2.24) is 10.2 Å². The van der Waals surface area contributed by atoms with Gasteiger partial charge in [0.25, 0.3) is 0 Å². The first-order chi connectivity index (χ1) is 9.65. The lowest BCUT2D eigenvalue weighted by molar-refractivity contribution is -0.129. The van der Waals surface area contributed by atoms with E-state index in [1.807, 2.05) is 4.90 Å². The Labute approximate surface area is 116 Å². The lowest BCUT2D eigenvalue weighted by Gasteiger charge is -2.15. The zero-order valence-electron chi connectivity index (χ0n) is 11.1. The summed E-state index contributed by atoms with van der Waals surface area (Å²) in [6.07, 6.45) is 2.16. The van der Waals surface area contributed by atoms with Gasteiger partial charge >= 0.3 is 6.61 Å². The highest BCUT2D eigenvalue weighted by molar-refractivity contribution is 5.78. The third-order valence-corrected chi connectivity index (χ3v) is 3.21. The third kappa shape index (κ3) is 4.45. The zero-order chi connectivity index (χ0) is 14.4. The number of hydrogen-bond donors (Lipinski definition) is 1. The van der Waals surface area contributed by atoms with Crippen molar-refractivity contribution in [3.8, 4) is 5.75 Å². The minimum Gasteiger partial charge on any atom is -0.435 e. The Kier molecular flexibility index (Phi) is 5.29. The number of alkyl halides is 2. The molecule has 1 aromatic rings. The van der Waals surface area contributed by atoms with E-state index >= 15 is 0 Å². The minimum atomic E-state index is -2.81. The van der Waals surface area contributed by atoms with Gasteiger partial charge in [0.2, 0.25) is 5.91 Å². The average molecular weight is 284 g/mol. The molecular weight excluding hydrogens is 266 g/mol. The fourth-order valence-electron chi connectivity index (χ4n) is 2.18. The number of benzene rings is 1. The fraction of sp³-hybridized carbons (Fsp3) is 0.500. The maximum atomic E-state index is 12.0. The molecule has 2 rings (SSSR count). The van der Waals surface area contributed by atoms with Crippen molar-refractivity contribution in [2.75, 3.05) is 19.6 Å². The number of rotatable bonds is 6. The first-order valence-electron chi connectivity index (χ1n) is 6.67. The number of carbonyl (C=O) groups is 1. The maximum absolute atomic E-state index is 12.0. The number of nitrogens with one attached hydrogen (secondary N) is 1. The van der Waals surface area contributed by atoms with Crippen LogP contribution in [0.3, 0.4) is 0 Å². The van der Waals surface area contributed by atoms with Gasteiger partial charge in [-0.2, -0.15) is 8.78 Å². The number of hydrogen-bond acceptors (Lipinski definition) is 3. The molecule has 0 spiro atoms. The second-order valence-electron chi connectivity index (χ2n) is 4.71. The minimum absolute atomic E-state index is 0.111. The number of carbonyl (C=O) groups excluding carboxylic acids is 1. The van der Waals surface area contributed by atoms with E-state index in [0.717, 1.165) is 31.5 Å². The summed E-state index contributed by atoms with van der Waals surface area (Å²) in [6.45, 7) is -0.290. The van der Waals surface area contributed by atoms with E-state index in [-0.39, 0.29) is 11.7 Å². The predicted molar refractivity (Wildman–Crippen MR) is 70.6 cm³/mol. The lowest BCUT2D eigenvalue weighted by atomic mass is 10.2. The van der Waals surface area contributed by atoms with Crippen LogP contribution < -0.4 is 10.1 Å². The molecule has 1 amide bonds. The van der Waals surface area contributed by atoms with E-state index in [0.29, 0.717) is 13.1 Å². The summed E-state index contributed by atoms with van der Waals surface area (Å²) >= 11 is 0. The molecule has 1 aliphatic rings. The highest BCUT2D eigenvalue weighted by Crippen LogP contribution is 2.14. The molecule has 20 heavy (non-hydrogen) atoms. The van der Waals surface area contributed by atoms with Crippen molar-refractivity contribution >= 4 is 5.91 Å². The number of likely N-dealkylation sites (tertiary alicyclic amines) is 1. The van der Waals surface area contributed by atoms with E-state index in [9.17, 15) is 13.6 Å². The predicted octanol–water partition coefficient (Wildman–Crippen LogP) is 2.00. The van der Waals surface area contributed by atoms with Gasteiger partial charge in [0.1, 0.15) is 5.75 Å². The van der Waals surface area contributed by atoms with Crippen molar-refractivity contribution < 1.29 is 18.3 Å². The molecule has 1 fully saturated rings. The Bertz CT molecular complexity index is 431. The van der Waals surface area contributed by atoms with Crippen LogP contribution in [-0.4, -0.2) is 37.1 Å². The third-order valence-electron chi connectivity index (χ3n) is 3.21. The molecule has 0 radical (unpaired) electrons. The highest BCUT2D eigenvalue weighted by atomic mass is 19.3. The van der Waals surface area contributed by atoms with Crippen LogP contribution in [0.4, 0.5) is 8.78 Å². The quantitative estimate of drug-likeness (QED) is 0.868. The largest absolute Gasteiger partial charge is 0.435 e. The Morgan fingerprint density at radius 3 is 2.50 bits per heavy atom. The van der Waals surface area contributed by atoms with Gasteiger partial charge in [-0.1, -0.05) is 12.1 Å². The summed E-state index contributed by atoms with van der Waals surface area (Å²) in [4.78, 5) is 13.6. The van der Waals surface area contributed by atoms with Crippen LogP contribution in [0, 0.1) is 0 Å². The van der Waals surface area contributed by atoms with Gasteiger partial charge in [-0.25, -0.2) is 0 Å². The molecule has 1 N–H and O–H groups in total. The monoisotopic (exact) mass is 284 g/mol. The fourth-order valence-corrected chi connectivity index (χ4v) is 2.18. The van der Waals surface area contributed by atoms with Gasteiger partial charge in [-0.3, -0.25) is 4.79 Å². The molecule has 110 valence electrons. The molecular formula is C14H18F2N2O2. The van der Waals surface area contributed by atoms with Crippen molar-refractivity contribution in [2.45, 2.75) is 26.0 Å². The van der Waals surface area contributed by atoms with Crippen LogP contribution in [0.25, 0.3) is 0 Å². The number of ether oxygens (including phenoxy) is 1. The zero-order valence-corrected chi connectivity index (χ0v) is 11.1. The molecule has 0 atom stereocenters. The molecule has 0 unspecified atom stereocenters. The molecule has 0 saturated carbocycles. The summed E-state index contributed by atoms with van der Waals surface area (Å²) in [7, 11) is 0. The van der Waals surface area contributed by atoms with E-state index in [4.69, 9.17) is 0 Å². The molecule has 1 aromatic carbocycles. The van der Waals surface area contributed by atoms with Crippen LogP contribution in [0.1, 0.15) is 18.4 Å². The molecule has 0 bridgehead atoms. The summed E-state index contributed by atoms with van der Waals surface area (Å²) in [6, 6.07) is 6.38. The summed E-state index contributed by atoms with van der Waals surface area (Å²) in [5.41, 5.74) is 0.917. The molecule has 1 heterocycles. The lowest BCUT2D eigenvalue weighted by Crippen LogP contribution is -2.35. The highest BCUT2D eigenvalue weighted by Gasteiger charge is 2.16. The topological polar surface area (TPSA) is 41.6 Å². The van der Waals surface area contributed by atoms with Crippen molar-refractivity contribution in [3.05, 3.63) is 29.8 Å². The number of halogens is 2. The van der Waals surface area contributed by atoms with E-state index in [1.165, 1.54) is 12.1 Å². The van der Waals surface area contributed by atoms with E-state index < -0.39 is 6.61 Å². The number of amides is 1. The molecule has 1 aliphatic heterocycles. The summed E-state index contributed by atoms with van der Waals surface area (Å²) in [5, 5.41) is 3.06. The van der Waals surface area contributed by atoms with Crippen LogP contribution in [0.15, 0.2) is 24.3 Å². The van der Waals surface area contributed by atoms with Gasteiger partial charge in [-0.15, -0.1) is 0 Å². The van der Waals surface area contributed by atoms with Gasteiger partial charge in [0, 0.05) is 19.6 Å². The first kappa shape index (κ1) is 14.7. The second-order valence-corrected chi connectivity index (χ2v) is 4.71. The Morgan fingerprint density at radius 1 is 1.25 bits per heavy atom. The van der Waals surface area contributed by atoms with Crippen molar-refractivity contribution in [1.29, 1.82) is 0 Å². The van der Waals surface area contributed by atoms with Gasteiger partial charge in [0.15, 0.2) is 0 Å². The molecule has 4 nitrogen and oxygen atoms in total. The SMILES string of the molecule is O=C(CNCc1ccc(OC(F)F)cc1)N1CCCC1. The van der Waals surface area contributed by atoms with Crippen LogP contribution in [0.5, 0.6) is 5.75 Å². The normalized spacial score (nSPS) is 14.8. The Balaban J connectivity index is 1.72. The molecule has 6 heteroatoms.